The molecule has 2 heterocycles. The Hall–Kier alpha value is -1.95. The van der Waals surface area contributed by atoms with Gasteiger partial charge in [-0.3, -0.25) is 0 Å². The molecule has 0 amide bonds. The maximum absolute atomic E-state index is 10.9. The smallest absolute Gasteiger partial charge is 0.371 e. The molecule has 0 spiro atoms. The third-order valence-corrected chi connectivity index (χ3v) is 3.57. The highest BCUT2D eigenvalue weighted by atomic mass is 32.1. The Morgan fingerprint density at radius 2 is 2.33 bits per heavy atom. The molecular formula is C12H13N3O2S. The van der Waals surface area contributed by atoms with Crippen LogP contribution in [0, 0.1) is 10.1 Å². The maximum Gasteiger partial charge on any atom is 0.386 e. The average Bonchev–Trinajstić information content (AvgIpc) is 2.90. The zero-order valence-corrected chi connectivity index (χ0v) is 10.7. The molecule has 1 unspecified atom stereocenters. The second kappa shape index (κ2) is 5.59. The van der Waals surface area contributed by atoms with E-state index < -0.39 is 4.92 Å². The molecule has 0 radical (unpaired) electrons. The van der Waals surface area contributed by atoms with E-state index >= 15 is 0 Å². The Morgan fingerprint density at radius 3 is 2.94 bits per heavy atom. The summed E-state index contributed by atoms with van der Waals surface area (Å²) in [5, 5.41) is 16.1. The summed E-state index contributed by atoms with van der Waals surface area (Å²) in [7, 11) is 0. The van der Waals surface area contributed by atoms with Crippen LogP contribution in [0.25, 0.3) is 0 Å². The van der Waals surface area contributed by atoms with Crippen LogP contribution in [-0.4, -0.2) is 9.91 Å². The summed E-state index contributed by atoms with van der Waals surface area (Å²) in [6.07, 6.45) is 2.28. The second-order valence-corrected chi connectivity index (χ2v) is 4.73. The molecule has 0 aromatic carbocycles. The van der Waals surface area contributed by atoms with E-state index in [2.05, 4.69) is 10.3 Å². The summed E-state index contributed by atoms with van der Waals surface area (Å²) >= 11 is 1.64. The van der Waals surface area contributed by atoms with E-state index in [0.717, 1.165) is 11.3 Å². The normalized spacial score (nSPS) is 12.1. The zero-order chi connectivity index (χ0) is 13.0. The molecule has 2 aromatic heterocycles. The van der Waals surface area contributed by atoms with Crippen molar-refractivity contribution in [2.75, 3.05) is 5.32 Å². The van der Waals surface area contributed by atoms with Gasteiger partial charge < -0.3 is 15.4 Å². The first-order chi connectivity index (χ1) is 8.72. The molecule has 94 valence electrons. The number of anilines is 1. The molecule has 0 fully saturated rings. The van der Waals surface area contributed by atoms with Crippen LogP contribution in [0.15, 0.2) is 35.8 Å². The van der Waals surface area contributed by atoms with Crippen LogP contribution in [0.3, 0.4) is 0 Å². The van der Waals surface area contributed by atoms with Gasteiger partial charge in [-0.15, -0.1) is 11.3 Å². The highest BCUT2D eigenvalue weighted by Gasteiger charge is 2.18. The first kappa shape index (κ1) is 12.5. The van der Waals surface area contributed by atoms with Crippen molar-refractivity contribution in [2.45, 2.75) is 19.4 Å². The third kappa shape index (κ3) is 2.65. The average molecular weight is 263 g/mol. The van der Waals surface area contributed by atoms with E-state index in [4.69, 9.17) is 0 Å². The third-order valence-electron chi connectivity index (χ3n) is 2.58. The fourth-order valence-electron chi connectivity index (χ4n) is 1.71. The summed E-state index contributed by atoms with van der Waals surface area (Å²) in [6.45, 7) is 2.04. The van der Waals surface area contributed by atoms with Gasteiger partial charge in [0.05, 0.1) is 6.04 Å². The molecule has 0 bridgehead atoms. The van der Waals surface area contributed by atoms with Gasteiger partial charge in [0.2, 0.25) is 0 Å². The van der Waals surface area contributed by atoms with E-state index in [1.54, 1.807) is 23.5 Å². The number of pyridine rings is 1. The van der Waals surface area contributed by atoms with Gasteiger partial charge in [-0.25, -0.2) is 0 Å². The second-order valence-electron chi connectivity index (χ2n) is 3.75. The van der Waals surface area contributed by atoms with Crippen LogP contribution < -0.4 is 5.32 Å². The topological polar surface area (TPSA) is 68.1 Å². The number of nitrogens with zero attached hydrogens (tertiary/aromatic N) is 2. The highest BCUT2D eigenvalue weighted by Crippen LogP contribution is 2.29. The van der Waals surface area contributed by atoms with E-state index in [1.807, 2.05) is 24.4 Å². The van der Waals surface area contributed by atoms with Gasteiger partial charge in [-0.1, -0.05) is 13.0 Å². The van der Waals surface area contributed by atoms with E-state index in [0.29, 0.717) is 5.69 Å². The molecule has 5 nitrogen and oxygen atoms in total. The summed E-state index contributed by atoms with van der Waals surface area (Å²) in [5.74, 6) is -0.132. The van der Waals surface area contributed by atoms with E-state index in [-0.39, 0.29) is 11.9 Å². The molecule has 0 saturated heterocycles. The maximum atomic E-state index is 10.9. The summed E-state index contributed by atoms with van der Waals surface area (Å²) in [4.78, 5) is 15.4. The molecule has 1 atom stereocenters. The largest absolute Gasteiger partial charge is 0.386 e. The molecule has 0 saturated carbocycles. The number of aromatic nitrogens is 1. The van der Waals surface area contributed by atoms with Crippen molar-refractivity contribution in [1.29, 1.82) is 0 Å². The Bertz CT molecular complexity index is 528. The van der Waals surface area contributed by atoms with Crippen LogP contribution >= 0.6 is 11.3 Å². The lowest BCUT2D eigenvalue weighted by molar-refractivity contribution is -0.388. The molecule has 0 aliphatic carbocycles. The van der Waals surface area contributed by atoms with Gasteiger partial charge in [-0.2, -0.15) is 0 Å². The Kier molecular flexibility index (Phi) is 3.88. The van der Waals surface area contributed by atoms with E-state index in [1.165, 1.54) is 6.20 Å². The molecule has 0 aliphatic heterocycles. The van der Waals surface area contributed by atoms with Gasteiger partial charge >= 0.3 is 5.82 Å². The lowest BCUT2D eigenvalue weighted by atomic mass is 10.2. The fourth-order valence-corrected chi connectivity index (χ4v) is 2.57. The quantitative estimate of drug-likeness (QED) is 0.661. The number of hydrogen-bond donors (Lipinski definition) is 1. The van der Waals surface area contributed by atoms with Gasteiger partial charge in [0.1, 0.15) is 11.9 Å². The molecule has 6 heteroatoms. The van der Waals surface area contributed by atoms with Gasteiger partial charge in [0.25, 0.3) is 0 Å². The van der Waals surface area contributed by atoms with Crippen molar-refractivity contribution in [3.8, 4) is 0 Å². The van der Waals surface area contributed by atoms with Crippen molar-refractivity contribution in [3.63, 3.8) is 0 Å². The number of hydrogen-bond acceptors (Lipinski definition) is 5. The van der Waals surface area contributed by atoms with Gasteiger partial charge in [-0.05, 0) is 39.9 Å². The zero-order valence-electron chi connectivity index (χ0n) is 9.87. The van der Waals surface area contributed by atoms with Crippen molar-refractivity contribution >= 4 is 22.8 Å². The number of nitro groups is 1. The Balaban J connectivity index is 2.25. The van der Waals surface area contributed by atoms with E-state index in [9.17, 15) is 10.1 Å². The first-order valence-electron chi connectivity index (χ1n) is 5.61. The standard InChI is InChI=1S/C12H13N3O2S/c1-2-9(11-6-4-8-18-11)14-10-5-3-7-13-12(10)15(16)17/h3-9,14H,2H2,1H3. The van der Waals surface area contributed by atoms with Crippen LogP contribution in [0.4, 0.5) is 11.5 Å². The van der Waals surface area contributed by atoms with Crippen molar-refractivity contribution in [1.82, 2.24) is 4.98 Å². The predicted octanol–water partition coefficient (Wildman–Crippen LogP) is 3.61. The minimum atomic E-state index is -0.469. The lowest BCUT2D eigenvalue weighted by Gasteiger charge is -2.16. The minimum absolute atomic E-state index is 0.0768. The van der Waals surface area contributed by atoms with Crippen molar-refractivity contribution in [3.05, 3.63) is 50.8 Å². The molecule has 18 heavy (non-hydrogen) atoms. The van der Waals surface area contributed by atoms with Crippen LogP contribution in [0.5, 0.6) is 0 Å². The molecule has 2 aromatic rings. The highest BCUT2D eigenvalue weighted by molar-refractivity contribution is 7.10. The summed E-state index contributed by atoms with van der Waals surface area (Å²) in [6, 6.07) is 7.45. The van der Waals surface area contributed by atoms with Crippen molar-refractivity contribution < 1.29 is 4.92 Å². The molecule has 1 N–H and O–H groups in total. The van der Waals surface area contributed by atoms with Crippen LogP contribution in [0.2, 0.25) is 0 Å². The number of nitrogens with one attached hydrogen (secondary N) is 1. The SMILES string of the molecule is CCC(Nc1cccnc1[N+](=O)[O-])c1cccs1. The first-order valence-corrected chi connectivity index (χ1v) is 6.49. The van der Waals surface area contributed by atoms with Crippen LogP contribution in [-0.2, 0) is 0 Å². The molecule has 2 rings (SSSR count). The molecular weight excluding hydrogens is 250 g/mol. The summed E-state index contributed by atoms with van der Waals surface area (Å²) in [5.41, 5.74) is 0.461. The predicted molar refractivity (Wildman–Crippen MR) is 71.9 cm³/mol. The minimum Gasteiger partial charge on any atom is -0.371 e. The van der Waals surface area contributed by atoms with Crippen LogP contribution in [0.1, 0.15) is 24.3 Å². The van der Waals surface area contributed by atoms with Crippen molar-refractivity contribution in [2.24, 2.45) is 0 Å². The Labute approximate surface area is 109 Å². The lowest BCUT2D eigenvalue weighted by Crippen LogP contribution is -2.10. The number of thiophene rings is 1. The number of rotatable bonds is 5. The van der Waals surface area contributed by atoms with Gasteiger partial charge in [0, 0.05) is 4.88 Å². The molecule has 0 aliphatic rings. The monoisotopic (exact) mass is 263 g/mol. The Morgan fingerprint density at radius 1 is 1.50 bits per heavy atom. The van der Waals surface area contributed by atoms with Gasteiger partial charge in [0.15, 0.2) is 0 Å². The summed E-state index contributed by atoms with van der Waals surface area (Å²) < 4.78 is 0. The fraction of sp³-hybridized carbons (Fsp3) is 0.250.